The lowest BCUT2D eigenvalue weighted by atomic mass is 9.96. The van der Waals surface area contributed by atoms with Gasteiger partial charge in [0.1, 0.15) is 0 Å². The minimum Gasteiger partial charge on any atom is -0.493 e. The largest absolute Gasteiger partial charge is 0.493 e. The normalized spacial score (nSPS) is 20.0. The number of amides is 2. The molecule has 0 saturated carbocycles. The number of carbonyl (C=O) groups excluding carboxylic acids is 1. The molecule has 1 aliphatic rings. The molecule has 10 heteroatoms. The van der Waals surface area contributed by atoms with Gasteiger partial charge in [-0.2, -0.15) is 13.2 Å². The number of hydrogen-bond donors (Lipinski definition) is 2. The number of ether oxygens (including phenoxy) is 2. The molecule has 7 nitrogen and oxygen atoms in total. The highest BCUT2D eigenvalue weighted by Crippen LogP contribution is 2.38. The summed E-state index contributed by atoms with van der Waals surface area (Å²) in [5.74, 6) is -4.59. The molecule has 2 atom stereocenters. The van der Waals surface area contributed by atoms with E-state index in [1.165, 1.54) is 20.3 Å². The van der Waals surface area contributed by atoms with E-state index in [1.54, 1.807) is 13.0 Å². The lowest BCUT2D eigenvalue weighted by Gasteiger charge is -2.20. The van der Waals surface area contributed by atoms with E-state index >= 15 is 0 Å². The van der Waals surface area contributed by atoms with Gasteiger partial charge in [0.15, 0.2) is 11.5 Å². The smallest absolute Gasteiger partial charge is 0.394 e. The second kappa shape index (κ2) is 7.30. The van der Waals surface area contributed by atoms with Crippen LogP contribution in [0, 0.1) is 18.8 Å². The summed E-state index contributed by atoms with van der Waals surface area (Å²) in [5.41, 5.74) is 0.937. The highest BCUT2D eigenvalue weighted by Gasteiger charge is 2.53. The summed E-state index contributed by atoms with van der Waals surface area (Å²) >= 11 is 0. The maximum absolute atomic E-state index is 13.0. The van der Waals surface area contributed by atoms with Crippen LogP contribution in [0.1, 0.15) is 5.56 Å². The van der Waals surface area contributed by atoms with Crippen molar-refractivity contribution in [1.29, 1.82) is 0 Å². The third kappa shape index (κ3) is 3.94. The van der Waals surface area contributed by atoms with Gasteiger partial charge >= 0.3 is 18.2 Å². The molecule has 1 aliphatic heterocycles. The summed E-state index contributed by atoms with van der Waals surface area (Å²) in [5, 5.41) is 11.5. The van der Waals surface area contributed by atoms with Crippen molar-refractivity contribution in [3.05, 3.63) is 17.7 Å². The fraction of sp³-hybridized carbons (Fsp3) is 0.500. The van der Waals surface area contributed by atoms with Crippen LogP contribution in [0.5, 0.6) is 11.5 Å². The SMILES string of the molecule is COc1cc(C)c(NC(=O)N2C[C@@H](C(F)(F)F)[C@H](C(=O)O)C2)cc1OC. The summed E-state index contributed by atoms with van der Waals surface area (Å²) in [4.78, 5) is 24.3. The Morgan fingerprint density at radius 1 is 1.19 bits per heavy atom. The van der Waals surface area contributed by atoms with E-state index in [4.69, 9.17) is 14.6 Å². The molecule has 1 fully saturated rings. The number of alkyl halides is 3. The maximum atomic E-state index is 13.0. The highest BCUT2D eigenvalue weighted by molar-refractivity contribution is 5.91. The number of nitrogens with zero attached hydrogens (tertiary/aromatic N) is 1. The molecule has 0 aromatic heterocycles. The summed E-state index contributed by atoms with van der Waals surface area (Å²) in [6.07, 6.45) is -4.70. The van der Waals surface area contributed by atoms with Crippen LogP contribution in [0.25, 0.3) is 0 Å². The molecule has 26 heavy (non-hydrogen) atoms. The molecular formula is C16H19F3N2O5. The van der Waals surface area contributed by atoms with Crippen LogP contribution in [0.4, 0.5) is 23.7 Å². The Kier molecular flexibility index (Phi) is 5.53. The molecule has 1 saturated heterocycles. The van der Waals surface area contributed by atoms with Gasteiger partial charge in [-0.15, -0.1) is 0 Å². The fourth-order valence-corrected chi connectivity index (χ4v) is 2.86. The number of carboxylic acids is 1. The van der Waals surface area contributed by atoms with Crippen LogP contribution in [-0.4, -0.2) is 55.5 Å². The lowest BCUT2D eigenvalue weighted by molar-refractivity contribution is -0.187. The molecule has 0 unspecified atom stereocenters. The fourth-order valence-electron chi connectivity index (χ4n) is 2.86. The van der Waals surface area contributed by atoms with Crippen molar-refractivity contribution in [3.63, 3.8) is 0 Å². The van der Waals surface area contributed by atoms with E-state index in [0.29, 0.717) is 22.7 Å². The van der Waals surface area contributed by atoms with Crippen molar-refractivity contribution in [2.45, 2.75) is 13.1 Å². The molecule has 1 aromatic rings. The zero-order valence-corrected chi connectivity index (χ0v) is 14.4. The van der Waals surface area contributed by atoms with Crippen molar-refractivity contribution in [2.24, 2.45) is 11.8 Å². The Bertz CT molecular complexity index is 708. The van der Waals surface area contributed by atoms with Crippen molar-refractivity contribution in [2.75, 3.05) is 32.6 Å². The van der Waals surface area contributed by atoms with Crippen LogP contribution in [0.15, 0.2) is 12.1 Å². The number of anilines is 1. The number of carboxylic acid groups (broad SMARTS) is 1. The summed E-state index contributed by atoms with van der Waals surface area (Å²) in [6, 6.07) is 2.29. The minimum atomic E-state index is -4.70. The minimum absolute atomic E-state index is 0.329. The van der Waals surface area contributed by atoms with E-state index in [9.17, 15) is 22.8 Å². The van der Waals surface area contributed by atoms with E-state index in [1.807, 2.05) is 0 Å². The first kappa shape index (κ1) is 19.7. The molecule has 0 aliphatic carbocycles. The van der Waals surface area contributed by atoms with Gasteiger partial charge in [-0.3, -0.25) is 4.79 Å². The number of hydrogen-bond acceptors (Lipinski definition) is 4. The van der Waals surface area contributed by atoms with Gasteiger partial charge < -0.3 is 24.8 Å². The zero-order valence-electron chi connectivity index (χ0n) is 14.4. The first-order chi connectivity index (χ1) is 12.1. The van der Waals surface area contributed by atoms with Gasteiger partial charge in [-0.1, -0.05) is 0 Å². The molecule has 0 radical (unpaired) electrons. The third-order valence-electron chi connectivity index (χ3n) is 4.32. The molecule has 1 heterocycles. The number of urea groups is 1. The Morgan fingerprint density at radius 3 is 2.23 bits per heavy atom. The maximum Gasteiger partial charge on any atom is 0.394 e. The second-order valence-electron chi connectivity index (χ2n) is 5.95. The standard InChI is InChI=1S/C16H19F3N2O5/c1-8-4-12(25-2)13(26-3)5-11(8)20-15(24)21-6-9(14(22)23)10(7-21)16(17,18)19/h4-5,9-10H,6-7H2,1-3H3,(H,20,24)(H,22,23)/t9-,10-/m1/s1. The Balaban J connectivity index is 2.19. The van der Waals surface area contributed by atoms with E-state index in [0.717, 1.165) is 4.90 Å². The molecule has 2 amide bonds. The summed E-state index contributed by atoms with van der Waals surface area (Å²) in [7, 11) is 2.85. The van der Waals surface area contributed by atoms with Crippen LogP contribution in [0.2, 0.25) is 0 Å². The number of nitrogens with one attached hydrogen (secondary N) is 1. The average molecular weight is 376 g/mol. The van der Waals surface area contributed by atoms with Gasteiger partial charge in [-0.05, 0) is 18.6 Å². The van der Waals surface area contributed by atoms with Gasteiger partial charge in [0.2, 0.25) is 0 Å². The van der Waals surface area contributed by atoms with Crippen LogP contribution in [0.3, 0.4) is 0 Å². The van der Waals surface area contributed by atoms with Gasteiger partial charge in [-0.25, -0.2) is 4.79 Å². The third-order valence-corrected chi connectivity index (χ3v) is 4.32. The zero-order chi connectivity index (χ0) is 19.6. The second-order valence-corrected chi connectivity index (χ2v) is 5.95. The number of methoxy groups -OCH3 is 2. The van der Waals surface area contributed by atoms with Crippen LogP contribution >= 0.6 is 0 Å². The molecule has 144 valence electrons. The number of likely N-dealkylation sites (tertiary alicyclic amines) is 1. The Labute approximate surface area is 147 Å². The van der Waals surface area contributed by atoms with Crippen molar-refractivity contribution < 1.29 is 37.3 Å². The molecule has 0 bridgehead atoms. The van der Waals surface area contributed by atoms with Gasteiger partial charge in [0, 0.05) is 24.8 Å². The average Bonchev–Trinajstić information content (AvgIpc) is 3.02. The Morgan fingerprint density at radius 2 is 1.77 bits per heavy atom. The predicted molar refractivity (Wildman–Crippen MR) is 85.5 cm³/mol. The van der Waals surface area contributed by atoms with Crippen LogP contribution < -0.4 is 14.8 Å². The lowest BCUT2D eigenvalue weighted by Crippen LogP contribution is -2.35. The highest BCUT2D eigenvalue weighted by atomic mass is 19.4. The monoisotopic (exact) mass is 376 g/mol. The molecule has 0 spiro atoms. The first-order valence-corrected chi connectivity index (χ1v) is 7.66. The molecule has 1 aromatic carbocycles. The number of aliphatic carboxylic acids is 1. The van der Waals surface area contributed by atoms with Crippen molar-refractivity contribution >= 4 is 17.7 Å². The number of aryl methyl sites for hydroxylation is 1. The number of benzene rings is 1. The first-order valence-electron chi connectivity index (χ1n) is 7.66. The quantitative estimate of drug-likeness (QED) is 0.844. The molecular weight excluding hydrogens is 357 g/mol. The van der Waals surface area contributed by atoms with E-state index < -0.39 is 43.1 Å². The van der Waals surface area contributed by atoms with E-state index in [2.05, 4.69) is 5.32 Å². The van der Waals surface area contributed by atoms with Crippen LogP contribution in [-0.2, 0) is 4.79 Å². The van der Waals surface area contributed by atoms with Gasteiger partial charge in [0.05, 0.1) is 26.1 Å². The topological polar surface area (TPSA) is 88.1 Å². The number of carbonyl (C=O) groups is 2. The molecule has 2 N–H and O–H groups in total. The predicted octanol–water partition coefficient (Wildman–Crippen LogP) is 2.74. The number of halogens is 3. The van der Waals surface area contributed by atoms with Crippen molar-refractivity contribution in [1.82, 2.24) is 4.90 Å². The van der Waals surface area contributed by atoms with Gasteiger partial charge in [0.25, 0.3) is 0 Å². The van der Waals surface area contributed by atoms with Crippen molar-refractivity contribution in [3.8, 4) is 11.5 Å². The Hall–Kier alpha value is -2.65. The van der Waals surface area contributed by atoms with E-state index in [-0.39, 0.29) is 0 Å². The summed E-state index contributed by atoms with van der Waals surface area (Å²) in [6.45, 7) is 0.455. The molecule has 2 rings (SSSR count). The number of rotatable bonds is 4. The summed E-state index contributed by atoms with van der Waals surface area (Å²) < 4.78 is 49.3.